The van der Waals surface area contributed by atoms with Gasteiger partial charge in [-0.2, -0.15) is 0 Å². The molecule has 0 aromatic carbocycles. The summed E-state index contributed by atoms with van der Waals surface area (Å²) >= 11 is 0. The smallest absolute Gasteiger partial charge is 0.303 e. The van der Waals surface area contributed by atoms with Crippen LogP contribution in [0.25, 0.3) is 0 Å². The van der Waals surface area contributed by atoms with Crippen molar-refractivity contribution in [2.75, 3.05) is 20.1 Å². The van der Waals surface area contributed by atoms with Gasteiger partial charge in [-0.3, -0.25) is 14.4 Å². The number of hydrogen-bond donors (Lipinski definition) is 2. The molecule has 0 aliphatic carbocycles. The highest BCUT2D eigenvalue weighted by atomic mass is 16.5. The van der Waals surface area contributed by atoms with Gasteiger partial charge < -0.3 is 20.1 Å². The summed E-state index contributed by atoms with van der Waals surface area (Å²) in [7, 11) is 1.76. The summed E-state index contributed by atoms with van der Waals surface area (Å²) in [5.41, 5.74) is -0.140. The normalized spacial score (nSPS) is 25.0. The third kappa shape index (κ3) is 7.74. The highest BCUT2D eigenvalue weighted by Crippen LogP contribution is 2.48. The number of amides is 2. The lowest BCUT2D eigenvalue weighted by Gasteiger charge is -2.26. The van der Waals surface area contributed by atoms with Crippen LogP contribution in [-0.4, -0.2) is 59.6 Å². The van der Waals surface area contributed by atoms with E-state index in [-0.39, 0.29) is 36.4 Å². The number of aliphatic carboxylic acids is 1. The maximum Gasteiger partial charge on any atom is 0.303 e. The van der Waals surface area contributed by atoms with E-state index < -0.39 is 5.97 Å². The summed E-state index contributed by atoms with van der Waals surface area (Å²) in [4.78, 5) is 36.5. The number of hydrogen-bond acceptors (Lipinski definition) is 4. The van der Waals surface area contributed by atoms with Crippen LogP contribution in [0.3, 0.4) is 0 Å². The van der Waals surface area contributed by atoms with E-state index in [1.54, 1.807) is 11.9 Å². The van der Waals surface area contributed by atoms with E-state index >= 15 is 0 Å². The van der Waals surface area contributed by atoms with Crippen molar-refractivity contribution in [1.82, 2.24) is 10.2 Å². The predicted molar refractivity (Wildman–Crippen MR) is 115 cm³/mol. The lowest BCUT2D eigenvalue weighted by atomic mass is 9.79. The van der Waals surface area contributed by atoms with Gasteiger partial charge in [0, 0.05) is 32.5 Å². The maximum absolute atomic E-state index is 12.2. The summed E-state index contributed by atoms with van der Waals surface area (Å²) in [6.45, 7) is 3.38. The topological polar surface area (TPSA) is 95.9 Å². The van der Waals surface area contributed by atoms with Crippen LogP contribution in [0.2, 0.25) is 0 Å². The van der Waals surface area contributed by atoms with Gasteiger partial charge in [0.05, 0.1) is 11.7 Å². The molecule has 2 aliphatic heterocycles. The number of nitrogens with zero attached hydrogens (tertiary/aromatic N) is 1. The van der Waals surface area contributed by atoms with Crippen molar-refractivity contribution in [1.29, 1.82) is 0 Å². The van der Waals surface area contributed by atoms with E-state index in [0.29, 0.717) is 25.4 Å². The molecule has 30 heavy (non-hydrogen) atoms. The number of allylic oxidation sites excluding steroid dienone is 1. The van der Waals surface area contributed by atoms with Crippen molar-refractivity contribution in [2.24, 2.45) is 5.92 Å². The van der Waals surface area contributed by atoms with Crippen LogP contribution in [0.15, 0.2) is 12.2 Å². The number of carbonyl (C=O) groups excluding carboxylic acids is 2. The number of carboxylic acid groups (broad SMARTS) is 1. The molecule has 170 valence electrons. The highest BCUT2D eigenvalue weighted by Gasteiger charge is 2.50. The Balaban J connectivity index is 1.67. The molecule has 2 bridgehead atoms. The Labute approximate surface area is 180 Å². The number of carbonyl (C=O) groups is 3. The fraction of sp³-hybridized carbons (Fsp3) is 0.783. The number of ether oxygens (including phenoxy) is 1. The van der Waals surface area contributed by atoms with E-state index in [0.717, 1.165) is 51.4 Å². The Morgan fingerprint density at radius 2 is 2.03 bits per heavy atom. The van der Waals surface area contributed by atoms with Crippen molar-refractivity contribution >= 4 is 17.8 Å². The monoisotopic (exact) mass is 422 g/mol. The van der Waals surface area contributed by atoms with Crippen LogP contribution < -0.4 is 5.32 Å². The fourth-order valence-electron chi connectivity index (χ4n) is 4.46. The summed E-state index contributed by atoms with van der Waals surface area (Å²) in [5.74, 6) is -0.801. The first kappa shape index (κ1) is 24.4. The van der Waals surface area contributed by atoms with Crippen molar-refractivity contribution in [3.05, 3.63) is 12.2 Å². The number of unbranched alkanes of at least 4 members (excludes halogenated alkanes) is 3. The van der Waals surface area contributed by atoms with Crippen molar-refractivity contribution < 1.29 is 24.2 Å². The fourth-order valence-corrected chi connectivity index (χ4v) is 4.46. The van der Waals surface area contributed by atoms with E-state index in [2.05, 4.69) is 18.3 Å². The van der Waals surface area contributed by atoms with Crippen LogP contribution in [0.5, 0.6) is 0 Å². The zero-order valence-electron chi connectivity index (χ0n) is 18.5. The standard InChI is InChI=1S/C23H38N2O5/c1-3-4-9-14-25(2)21(27)15-20(26)24-17-18-16-23(13-11-19(18)30-23)12-8-6-5-7-10-22(28)29/h6,8,18-19H,3-5,7,9-17H2,1-2H3,(H,24,26)(H,28,29)/t18-,19+,23-/m0/s1. The Morgan fingerprint density at radius 1 is 1.23 bits per heavy atom. The third-order valence-electron chi connectivity index (χ3n) is 6.26. The molecule has 0 aromatic heterocycles. The van der Waals surface area contributed by atoms with Gasteiger partial charge in [0.25, 0.3) is 0 Å². The SMILES string of the molecule is CCCCCN(C)C(=O)CC(=O)NC[C@@H]1C[C@]2(CC=CCCCC(=O)O)CC[C@H]1O2. The van der Waals surface area contributed by atoms with Crippen LogP contribution in [0.4, 0.5) is 0 Å². The van der Waals surface area contributed by atoms with Gasteiger partial charge in [0.15, 0.2) is 0 Å². The second kappa shape index (κ2) is 12.1. The number of carboxylic acids is 1. The molecule has 2 N–H and O–H groups in total. The van der Waals surface area contributed by atoms with E-state index in [1.165, 1.54) is 0 Å². The minimum Gasteiger partial charge on any atom is -0.481 e. The average molecular weight is 423 g/mol. The number of nitrogens with one attached hydrogen (secondary N) is 1. The van der Waals surface area contributed by atoms with Gasteiger partial charge in [-0.05, 0) is 44.9 Å². The zero-order valence-corrected chi connectivity index (χ0v) is 18.5. The summed E-state index contributed by atoms with van der Waals surface area (Å²) in [5, 5.41) is 11.6. The molecule has 3 atom stereocenters. The minimum atomic E-state index is -0.755. The van der Waals surface area contributed by atoms with Crippen molar-refractivity contribution in [2.45, 2.75) is 89.3 Å². The third-order valence-corrected chi connectivity index (χ3v) is 6.26. The molecule has 0 saturated carbocycles. The molecule has 2 fully saturated rings. The van der Waals surface area contributed by atoms with Gasteiger partial charge in [-0.1, -0.05) is 31.9 Å². The van der Waals surface area contributed by atoms with Gasteiger partial charge >= 0.3 is 5.97 Å². The maximum atomic E-state index is 12.2. The van der Waals surface area contributed by atoms with Gasteiger partial charge in [0.1, 0.15) is 6.42 Å². The molecule has 2 rings (SSSR count). The highest BCUT2D eigenvalue weighted by molar-refractivity contribution is 5.96. The van der Waals surface area contributed by atoms with Gasteiger partial charge in [-0.15, -0.1) is 0 Å². The molecular weight excluding hydrogens is 384 g/mol. The number of rotatable bonds is 14. The Bertz CT molecular complexity index is 621. The summed E-state index contributed by atoms with van der Waals surface area (Å²) < 4.78 is 6.25. The van der Waals surface area contributed by atoms with Crippen LogP contribution in [-0.2, 0) is 19.1 Å². The Hall–Kier alpha value is -1.89. The molecule has 7 nitrogen and oxygen atoms in total. The molecule has 2 amide bonds. The predicted octanol–water partition coefficient (Wildman–Crippen LogP) is 3.28. The Morgan fingerprint density at radius 3 is 2.77 bits per heavy atom. The molecule has 7 heteroatoms. The Kier molecular flexibility index (Phi) is 9.82. The van der Waals surface area contributed by atoms with E-state index in [1.807, 2.05) is 6.08 Å². The molecule has 0 spiro atoms. The van der Waals surface area contributed by atoms with E-state index in [4.69, 9.17) is 9.84 Å². The lowest BCUT2D eigenvalue weighted by Crippen LogP contribution is -2.38. The van der Waals surface area contributed by atoms with Gasteiger partial charge in [-0.25, -0.2) is 0 Å². The first-order chi connectivity index (χ1) is 14.3. The lowest BCUT2D eigenvalue weighted by molar-refractivity contribution is -0.137. The molecular formula is C23H38N2O5. The quantitative estimate of drug-likeness (QED) is 0.254. The molecule has 2 aliphatic rings. The van der Waals surface area contributed by atoms with Crippen LogP contribution in [0, 0.1) is 5.92 Å². The summed E-state index contributed by atoms with van der Waals surface area (Å²) in [6.07, 6.45) is 12.8. The summed E-state index contributed by atoms with van der Waals surface area (Å²) in [6, 6.07) is 0. The van der Waals surface area contributed by atoms with E-state index in [9.17, 15) is 14.4 Å². The van der Waals surface area contributed by atoms with Gasteiger partial charge in [0.2, 0.25) is 11.8 Å². The second-order valence-electron chi connectivity index (χ2n) is 8.81. The zero-order chi connectivity index (χ0) is 22.0. The van der Waals surface area contributed by atoms with Crippen LogP contribution >= 0.6 is 0 Å². The minimum absolute atomic E-state index is 0.0922. The second-order valence-corrected chi connectivity index (χ2v) is 8.81. The molecule has 0 unspecified atom stereocenters. The molecule has 0 radical (unpaired) electrons. The average Bonchev–Trinajstić information content (AvgIpc) is 3.27. The molecule has 2 heterocycles. The molecule has 0 aromatic rings. The largest absolute Gasteiger partial charge is 0.481 e. The van der Waals surface area contributed by atoms with Crippen molar-refractivity contribution in [3.8, 4) is 0 Å². The van der Waals surface area contributed by atoms with Crippen LogP contribution in [0.1, 0.15) is 77.6 Å². The molecule has 2 saturated heterocycles. The van der Waals surface area contributed by atoms with Crippen molar-refractivity contribution in [3.63, 3.8) is 0 Å². The first-order valence-electron chi connectivity index (χ1n) is 11.4. The number of fused-ring (bicyclic) bond motifs is 2. The first-order valence-corrected chi connectivity index (χ1v) is 11.4.